The van der Waals surface area contributed by atoms with Crippen LogP contribution in [-0.2, 0) is 6.42 Å². The van der Waals surface area contributed by atoms with Crippen molar-refractivity contribution in [3.05, 3.63) is 46.5 Å². The molecule has 1 atom stereocenters. The minimum Gasteiger partial charge on any atom is -0.118 e. The molecule has 1 aromatic carbocycles. The summed E-state index contributed by atoms with van der Waals surface area (Å²) in [7, 11) is 0. The van der Waals surface area contributed by atoms with Gasteiger partial charge < -0.3 is 0 Å². The fraction of sp³-hybridized carbons (Fsp3) is 0.333. The maximum absolute atomic E-state index is 6.08. The van der Waals surface area contributed by atoms with Gasteiger partial charge in [-0.05, 0) is 30.9 Å². The number of rotatable bonds is 2. The van der Waals surface area contributed by atoms with E-state index in [-0.39, 0.29) is 5.38 Å². The largest absolute Gasteiger partial charge is 0.118 e. The molecule has 0 aromatic heterocycles. The highest BCUT2D eigenvalue weighted by atomic mass is 35.5. The Morgan fingerprint density at radius 2 is 2.07 bits per heavy atom. The predicted octanol–water partition coefficient (Wildman–Crippen LogP) is 4.21. The first-order chi connectivity index (χ1) is 6.75. The molecule has 0 nitrogen and oxygen atoms in total. The molecule has 2 rings (SSSR count). The first kappa shape index (κ1) is 10.1. The Balaban J connectivity index is 2.12. The van der Waals surface area contributed by atoms with Crippen LogP contribution in [0.3, 0.4) is 0 Å². The maximum atomic E-state index is 6.08. The Morgan fingerprint density at radius 1 is 1.29 bits per heavy atom. The third-order valence-corrected chi connectivity index (χ3v) is 3.25. The van der Waals surface area contributed by atoms with Gasteiger partial charge in [0.05, 0.1) is 5.38 Å². The molecule has 0 saturated heterocycles. The fourth-order valence-corrected chi connectivity index (χ4v) is 2.27. The molecule has 74 valence electrons. The molecule has 1 unspecified atom stereocenters. The van der Waals surface area contributed by atoms with E-state index in [1.54, 1.807) is 0 Å². The van der Waals surface area contributed by atoms with Gasteiger partial charge in [0, 0.05) is 5.02 Å². The van der Waals surface area contributed by atoms with E-state index in [0.717, 1.165) is 24.3 Å². The summed E-state index contributed by atoms with van der Waals surface area (Å²) in [6, 6.07) is 7.99. The number of hydrogen-bond donors (Lipinski definition) is 0. The Bertz CT molecular complexity index is 355. The highest BCUT2D eigenvalue weighted by Crippen LogP contribution is 2.27. The highest BCUT2D eigenvalue weighted by molar-refractivity contribution is 6.31. The number of alkyl halides is 1. The minimum absolute atomic E-state index is 0.229. The number of halogens is 2. The maximum Gasteiger partial charge on any atom is 0.0521 e. The predicted molar refractivity (Wildman–Crippen MR) is 62.1 cm³/mol. The average molecular weight is 227 g/mol. The Labute approximate surface area is 94.5 Å². The molecule has 1 aliphatic rings. The van der Waals surface area contributed by atoms with Crippen LogP contribution in [0.4, 0.5) is 0 Å². The van der Waals surface area contributed by atoms with Crippen LogP contribution in [0, 0.1) is 0 Å². The lowest BCUT2D eigenvalue weighted by Crippen LogP contribution is -1.88. The highest BCUT2D eigenvalue weighted by Gasteiger charge is 2.13. The zero-order valence-electron chi connectivity index (χ0n) is 7.84. The average Bonchev–Trinajstić information content (AvgIpc) is 2.56. The topological polar surface area (TPSA) is 0 Å². The lowest BCUT2D eigenvalue weighted by atomic mass is 10.1. The molecule has 0 amide bonds. The van der Waals surface area contributed by atoms with Crippen LogP contribution in [0.5, 0.6) is 0 Å². The van der Waals surface area contributed by atoms with Crippen molar-refractivity contribution in [2.24, 2.45) is 0 Å². The molecule has 0 saturated carbocycles. The molecular weight excluding hydrogens is 215 g/mol. The third-order valence-electron chi connectivity index (χ3n) is 2.53. The SMILES string of the molecule is Clc1ccccc1CC1=CC(Cl)CC1. The van der Waals surface area contributed by atoms with Crippen LogP contribution in [0.15, 0.2) is 35.9 Å². The summed E-state index contributed by atoms with van der Waals surface area (Å²) in [6.07, 6.45) is 5.29. The molecular formula is C12H12Cl2. The van der Waals surface area contributed by atoms with Gasteiger partial charge in [-0.3, -0.25) is 0 Å². The van der Waals surface area contributed by atoms with Gasteiger partial charge in [-0.15, -0.1) is 11.6 Å². The van der Waals surface area contributed by atoms with Crippen LogP contribution in [-0.4, -0.2) is 5.38 Å². The molecule has 2 heteroatoms. The van der Waals surface area contributed by atoms with Gasteiger partial charge >= 0.3 is 0 Å². The number of benzene rings is 1. The summed E-state index contributed by atoms with van der Waals surface area (Å²) in [5.41, 5.74) is 2.62. The third kappa shape index (κ3) is 2.31. The van der Waals surface area contributed by atoms with Gasteiger partial charge in [0.2, 0.25) is 0 Å². The van der Waals surface area contributed by atoms with E-state index < -0.39 is 0 Å². The van der Waals surface area contributed by atoms with Crippen molar-refractivity contribution in [1.82, 2.24) is 0 Å². The van der Waals surface area contributed by atoms with Crippen molar-refractivity contribution in [1.29, 1.82) is 0 Å². The lowest BCUT2D eigenvalue weighted by molar-refractivity contribution is 0.892. The van der Waals surface area contributed by atoms with Crippen molar-refractivity contribution in [2.45, 2.75) is 24.6 Å². The standard InChI is InChI=1S/C12H12Cl2/c13-11-6-5-9(8-11)7-10-3-1-2-4-12(10)14/h1-4,8,11H,5-7H2. The van der Waals surface area contributed by atoms with Gasteiger partial charge in [0.15, 0.2) is 0 Å². The van der Waals surface area contributed by atoms with E-state index in [0.29, 0.717) is 0 Å². The zero-order chi connectivity index (χ0) is 9.97. The zero-order valence-corrected chi connectivity index (χ0v) is 9.35. The van der Waals surface area contributed by atoms with Crippen molar-refractivity contribution in [3.8, 4) is 0 Å². The summed E-state index contributed by atoms with van der Waals surface area (Å²) >= 11 is 12.1. The van der Waals surface area contributed by atoms with Gasteiger partial charge in [0.25, 0.3) is 0 Å². The normalized spacial score (nSPS) is 21.0. The van der Waals surface area contributed by atoms with E-state index in [4.69, 9.17) is 23.2 Å². The lowest BCUT2D eigenvalue weighted by Gasteiger charge is -2.03. The Kier molecular flexibility index (Phi) is 3.15. The van der Waals surface area contributed by atoms with Crippen LogP contribution >= 0.6 is 23.2 Å². The second-order valence-electron chi connectivity index (χ2n) is 3.65. The van der Waals surface area contributed by atoms with Crippen molar-refractivity contribution in [3.63, 3.8) is 0 Å². The molecule has 1 aromatic rings. The second kappa shape index (κ2) is 4.37. The van der Waals surface area contributed by atoms with E-state index in [1.165, 1.54) is 11.1 Å². The molecule has 0 N–H and O–H groups in total. The molecule has 0 radical (unpaired) electrons. The summed E-state index contributed by atoms with van der Waals surface area (Å²) in [4.78, 5) is 0. The molecule has 1 aliphatic carbocycles. The second-order valence-corrected chi connectivity index (χ2v) is 4.62. The molecule has 0 bridgehead atoms. The molecule has 0 heterocycles. The first-order valence-electron chi connectivity index (χ1n) is 4.83. The molecule has 0 fully saturated rings. The van der Waals surface area contributed by atoms with E-state index in [2.05, 4.69) is 12.1 Å². The quantitative estimate of drug-likeness (QED) is 0.524. The summed E-state index contributed by atoms with van der Waals surface area (Å²) in [6.45, 7) is 0. The van der Waals surface area contributed by atoms with Crippen LogP contribution < -0.4 is 0 Å². The molecule has 14 heavy (non-hydrogen) atoms. The monoisotopic (exact) mass is 226 g/mol. The van der Waals surface area contributed by atoms with Gasteiger partial charge in [-0.2, -0.15) is 0 Å². The number of hydrogen-bond acceptors (Lipinski definition) is 0. The number of allylic oxidation sites excluding steroid dienone is 2. The van der Waals surface area contributed by atoms with Gasteiger partial charge in [0.1, 0.15) is 0 Å². The Morgan fingerprint density at radius 3 is 2.71 bits per heavy atom. The van der Waals surface area contributed by atoms with Crippen LogP contribution in [0.1, 0.15) is 18.4 Å². The van der Waals surface area contributed by atoms with Gasteiger partial charge in [-0.1, -0.05) is 41.4 Å². The van der Waals surface area contributed by atoms with Crippen molar-refractivity contribution < 1.29 is 0 Å². The smallest absolute Gasteiger partial charge is 0.0521 e. The van der Waals surface area contributed by atoms with Crippen LogP contribution in [0.25, 0.3) is 0 Å². The van der Waals surface area contributed by atoms with E-state index in [9.17, 15) is 0 Å². The van der Waals surface area contributed by atoms with E-state index >= 15 is 0 Å². The summed E-state index contributed by atoms with van der Waals surface area (Å²) in [5.74, 6) is 0. The summed E-state index contributed by atoms with van der Waals surface area (Å²) < 4.78 is 0. The van der Waals surface area contributed by atoms with Crippen LogP contribution in [0.2, 0.25) is 5.02 Å². The Hall–Kier alpha value is -0.460. The van der Waals surface area contributed by atoms with E-state index in [1.807, 2.05) is 18.2 Å². The first-order valence-corrected chi connectivity index (χ1v) is 5.64. The minimum atomic E-state index is 0.229. The summed E-state index contributed by atoms with van der Waals surface area (Å²) in [5, 5.41) is 1.08. The fourth-order valence-electron chi connectivity index (χ4n) is 1.78. The van der Waals surface area contributed by atoms with Gasteiger partial charge in [-0.25, -0.2) is 0 Å². The van der Waals surface area contributed by atoms with Crippen molar-refractivity contribution >= 4 is 23.2 Å². The van der Waals surface area contributed by atoms with Crippen molar-refractivity contribution in [2.75, 3.05) is 0 Å². The molecule has 0 spiro atoms. The molecule has 0 aliphatic heterocycles.